The van der Waals surface area contributed by atoms with Crippen LogP contribution in [0.3, 0.4) is 0 Å². The van der Waals surface area contributed by atoms with E-state index in [1.54, 1.807) is 6.20 Å². The second-order valence-electron chi connectivity index (χ2n) is 5.75. The van der Waals surface area contributed by atoms with Crippen LogP contribution in [0.4, 0.5) is 5.69 Å². The van der Waals surface area contributed by atoms with Gasteiger partial charge in [0.2, 0.25) is 0 Å². The molecule has 2 rings (SSSR count). The van der Waals surface area contributed by atoms with Crippen molar-refractivity contribution in [2.45, 2.75) is 19.9 Å². The topological polar surface area (TPSA) is 52.6 Å². The van der Waals surface area contributed by atoms with E-state index in [2.05, 4.69) is 70.8 Å². The van der Waals surface area contributed by atoms with Gasteiger partial charge in [0.15, 0.2) is 5.96 Å². The predicted octanol–water partition coefficient (Wildman–Crippen LogP) is 3.06. The van der Waals surface area contributed by atoms with Crippen LogP contribution in [0, 0.1) is 0 Å². The Morgan fingerprint density at radius 1 is 1.08 bits per heavy atom. The van der Waals surface area contributed by atoms with Crippen molar-refractivity contribution in [1.82, 2.24) is 15.6 Å². The van der Waals surface area contributed by atoms with E-state index in [9.17, 15) is 0 Å². The first kappa shape index (κ1) is 21.2. The minimum Gasteiger partial charge on any atom is -0.378 e. The molecule has 25 heavy (non-hydrogen) atoms. The third-order valence-corrected chi connectivity index (χ3v) is 3.63. The molecule has 0 amide bonds. The average Bonchev–Trinajstić information content (AvgIpc) is 2.61. The van der Waals surface area contributed by atoms with Crippen LogP contribution in [0.25, 0.3) is 0 Å². The molecule has 0 saturated heterocycles. The summed E-state index contributed by atoms with van der Waals surface area (Å²) >= 11 is 0. The average molecular weight is 453 g/mol. The second kappa shape index (κ2) is 11.7. The van der Waals surface area contributed by atoms with Crippen molar-refractivity contribution in [1.29, 1.82) is 0 Å². The maximum atomic E-state index is 4.58. The van der Waals surface area contributed by atoms with Gasteiger partial charge in [-0.25, -0.2) is 4.99 Å². The number of guanidine groups is 1. The first-order valence-corrected chi connectivity index (χ1v) is 8.37. The zero-order valence-electron chi connectivity index (χ0n) is 15.2. The monoisotopic (exact) mass is 453 g/mol. The summed E-state index contributed by atoms with van der Waals surface area (Å²) in [5.41, 5.74) is 3.50. The van der Waals surface area contributed by atoms with Gasteiger partial charge in [-0.1, -0.05) is 18.2 Å². The van der Waals surface area contributed by atoms with Crippen LogP contribution < -0.4 is 15.5 Å². The molecule has 6 heteroatoms. The number of anilines is 1. The van der Waals surface area contributed by atoms with E-state index in [0.717, 1.165) is 31.2 Å². The van der Waals surface area contributed by atoms with Crippen molar-refractivity contribution in [3.8, 4) is 0 Å². The van der Waals surface area contributed by atoms with Crippen molar-refractivity contribution in [2.24, 2.45) is 4.99 Å². The summed E-state index contributed by atoms with van der Waals surface area (Å²) < 4.78 is 0. The maximum absolute atomic E-state index is 4.58. The van der Waals surface area contributed by atoms with E-state index in [1.165, 1.54) is 11.3 Å². The van der Waals surface area contributed by atoms with Gasteiger partial charge in [-0.05, 0) is 43.2 Å². The van der Waals surface area contributed by atoms with E-state index >= 15 is 0 Å². The Morgan fingerprint density at radius 3 is 2.44 bits per heavy atom. The molecule has 0 fully saturated rings. The van der Waals surface area contributed by atoms with Gasteiger partial charge in [0.05, 0.1) is 12.2 Å². The number of hydrogen-bond acceptors (Lipinski definition) is 3. The molecule has 0 atom stereocenters. The van der Waals surface area contributed by atoms with E-state index in [4.69, 9.17) is 0 Å². The van der Waals surface area contributed by atoms with Gasteiger partial charge in [0, 0.05) is 39.1 Å². The van der Waals surface area contributed by atoms with E-state index < -0.39 is 0 Å². The third kappa shape index (κ3) is 7.72. The summed E-state index contributed by atoms with van der Waals surface area (Å²) in [7, 11) is 4.11. The summed E-state index contributed by atoms with van der Waals surface area (Å²) in [6.07, 6.45) is 2.75. The Balaban J connectivity index is 0.00000312. The Labute approximate surface area is 168 Å². The zero-order valence-corrected chi connectivity index (χ0v) is 17.5. The Kier molecular flexibility index (Phi) is 9.91. The molecule has 2 N–H and O–H groups in total. The smallest absolute Gasteiger partial charge is 0.191 e. The summed E-state index contributed by atoms with van der Waals surface area (Å²) in [6.45, 7) is 4.33. The van der Waals surface area contributed by atoms with Gasteiger partial charge in [-0.3, -0.25) is 4.98 Å². The van der Waals surface area contributed by atoms with Crippen LogP contribution in [-0.2, 0) is 13.0 Å². The molecular weight excluding hydrogens is 425 g/mol. The molecule has 1 aromatic heterocycles. The molecule has 0 aliphatic carbocycles. The van der Waals surface area contributed by atoms with Crippen molar-refractivity contribution >= 4 is 35.6 Å². The molecule has 0 saturated carbocycles. The lowest BCUT2D eigenvalue weighted by atomic mass is 10.1. The van der Waals surface area contributed by atoms with Gasteiger partial charge in [-0.15, -0.1) is 24.0 Å². The number of nitrogens with zero attached hydrogens (tertiary/aromatic N) is 3. The number of aromatic nitrogens is 1. The molecule has 0 spiro atoms. The Bertz CT molecular complexity index is 626. The second-order valence-corrected chi connectivity index (χ2v) is 5.75. The molecule has 0 aliphatic heterocycles. The number of nitrogens with one attached hydrogen (secondary N) is 2. The number of rotatable bonds is 7. The van der Waals surface area contributed by atoms with Gasteiger partial charge in [0.1, 0.15) is 0 Å². The lowest BCUT2D eigenvalue weighted by Gasteiger charge is -2.13. The summed E-state index contributed by atoms with van der Waals surface area (Å²) in [5, 5.41) is 6.65. The zero-order chi connectivity index (χ0) is 17.2. The lowest BCUT2D eigenvalue weighted by Crippen LogP contribution is -2.38. The largest absolute Gasteiger partial charge is 0.378 e. The van der Waals surface area contributed by atoms with Gasteiger partial charge < -0.3 is 15.5 Å². The highest BCUT2D eigenvalue weighted by Crippen LogP contribution is 2.12. The highest BCUT2D eigenvalue weighted by molar-refractivity contribution is 14.0. The number of benzene rings is 1. The fourth-order valence-corrected chi connectivity index (χ4v) is 2.28. The molecule has 0 unspecified atom stereocenters. The normalized spacial score (nSPS) is 10.8. The van der Waals surface area contributed by atoms with Crippen LogP contribution in [0.15, 0.2) is 53.7 Å². The van der Waals surface area contributed by atoms with Crippen LogP contribution in [0.1, 0.15) is 18.2 Å². The molecule has 0 bridgehead atoms. The highest BCUT2D eigenvalue weighted by atomic mass is 127. The van der Waals surface area contributed by atoms with Gasteiger partial charge >= 0.3 is 0 Å². The van der Waals surface area contributed by atoms with Crippen LogP contribution in [0.5, 0.6) is 0 Å². The molecule has 1 aromatic carbocycles. The molecule has 0 aliphatic rings. The molecule has 2 aromatic rings. The standard InChI is InChI=1S/C19H27N5.HI/c1-4-20-19(23-15-17-7-5-6-13-21-17)22-14-12-16-8-10-18(11-9-16)24(2)3;/h5-11,13H,4,12,14-15H2,1-3H3,(H2,20,22,23);1H. The number of aliphatic imine (C=N–C) groups is 1. The quantitative estimate of drug-likeness (QED) is 0.385. The maximum Gasteiger partial charge on any atom is 0.191 e. The minimum atomic E-state index is 0. The van der Waals surface area contributed by atoms with E-state index in [-0.39, 0.29) is 24.0 Å². The van der Waals surface area contributed by atoms with Crippen LogP contribution >= 0.6 is 24.0 Å². The fourth-order valence-electron chi connectivity index (χ4n) is 2.28. The Morgan fingerprint density at radius 2 is 1.84 bits per heavy atom. The SMILES string of the molecule is CCNC(=NCc1ccccn1)NCCc1ccc(N(C)C)cc1.I. The van der Waals surface area contributed by atoms with Crippen LogP contribution in [-0.4, -0.2) is 38.1 Å². The summed E-state index contributed by atoms with van der Waals surface area (Å²) in [4.78, 5) is 11.0. The minimum absolute atomic E-state index is 0. The molecule has 5 nitrogen and oxygen atoms in total. The van der Waals surface area contributed by atoms with Crippen molar-refractivity contribution in [2.75, 3.05) is 32.1 Å². The van der Waals surface area contributed by atoms with Gasteiger partial charge in [0.25, 0.3) is 0 Å². The number of halogens is 1. The number of pyridine rings is 1. The molecule has 136 valence electrons. The van der Waals surface area contributed by atoms with Crippen molar-refractivity contribution in [3.63, 3.8) is 0 Å². The van der Waals surface area contributed by atoms with E-state index in [0.29, 0.717) is 6.54 Å². The first-order chi connectivity index (χ1) is 11.7. The van der Waals surface area contributed by atoms with Crippen molar-refractivity contribution in [3.05, 3.63) is 59.9 Å². The lowest BCUT2D eigenvalue weighted by molar-refractivity contribution is 0.796. The Hall–Kier alpha value is -1.83. The highest BCUT2D eigenvalue weighted by Gasteiger charge is 2.00. The summed E-state index contributed by atoms with van der Waals surface area (Å²) in [6, 6.07) is 14.5. The summed E-state index contributed by atoms with van der Waals surface area (Å²) in [5.74, 6) is 0.827. The van der Waals surface area contributed by atoms with Crippen molar-refractivity contribution < 1.29 is 0 Å². The number of hydrogen-bond donors (Lipinski definition) is 2. The predicted molar refractivity (Wildman–Crippen MR) is 117 cm³/mol. The first-order valence-electron chi connectivity index (χ1n) is 8.37. The molecular formula is C19H28IN5. The van der Waals surface area contributed by atoms with Crippen LogP contribution in [0.2, 0.25) is 0 Å². The van der Waals surface area contributed by atoms with Gasteiger partial charge in [-0.2, -0.15) is 0 Å². The molecule has 0 radical (unpaired) electrons. The third-order valence-electron chi connectivity index (χ3n) is 3.63. The molecule has 1 heterocycles. The van der Waals surface area contributed by atoms with E-state index in [1.807, 2.05) is 18.2 Å². The fraction of sp³-hybridized carbons (Fsp3) is 0.368.